The fraction of sp³-hybridized carbons (Fsp3) is 0.705. The molecule has 2 rings (SSSR count). The second-order valence-corrected chi connectivity index (χ2v) is 16.6. The Kier molecular flexibility index (Phi) is 21.3. The molecule has 54 heavy (non-hydrogen) atoms. The Morgan fingerprint density at radius 2 is 0.852 bits per heavy atom. The maximum atomic E-state index is 14.4. The summed E-state index contributed by atoms with van der Waals surface area (Å²) < 4.78 is 94.4. The summed E-state index contributed by atoms with van der Waals surface area (Å²) in [5.74, 6) is -8.66. The van der Waals surface area contributed by atoms with Gasteiger partial charge in [-0.1, -0.05) is 120 Å². The molecule has 0 unspecified atom stereocenters. The van der Waals surface area contributed by atoms with Crippen molar-refractivity contribution >= 4 is 5.97 Å². The average Bonchev–Trinajstić information content (AvgIpc) is 3.09. The van der Waals surface area contributed by atoms with Crippen molar-refractivity contribution in [1.82, 2.24) is 0 Å². The summed E-state index contributed by atoms with van der Waals surface area (Å²) in [4.78, 5) is 12.7. The van der Waals surface area contributed by atoms with Crippen LogP contribution in [0.2, 0.25) is 0 Å². The van der Waals surface area contributed by atoms with Gasteiger partial charge in [0.05, 0.1) is 19.8 Å². The minimum absolute atomic E-state index is 0.335. The van der Waals surface area contributed by atoms with Gasteiger partial charge in [-0.2, -0.15) is 0 Å². The number of benzene rings is 2. The summed E-state index contributed by atoms with van der Waals surface area (Å²) in [5.41, 5.74) is -1.32. The SMILES string of the molecule is CC(C)CCC[C@H](C)CCOc1cc(COC(=O)c2c(F)c(F)c(F)c(F)c2F)cc(OCC[C@@H](C)CCCC(C)C)c1OCC[C@@H](C)CCCC(C)C. The van der Waals surface area contributed by atoms with E-state index < -0.39 is 47.2 Å². The maximum absolute atomic E-state index is 14.4. The van der Waals surface area contributed by atoms with Crippen LogP contribution in [-0.2, 0) is 11.3 Å². The molecule has 0 aliphatic rings. The Hall–Kier alpha value is -3.04. The van der Waals surface area contributed by atoms with Gasteiger partial charge < -0.3 is 18.9 Å². The minimum Gasteiger partial charge on any atom is -0.490 e. The van der Waals surface area contributed by atoms with E-state index in [2.05, 4.69) is 62.3 Å². The summed E-state index contributed by atoms with van der Waals surface area (Å²) in [5, 5.41) is 0. The second-order valence-electron chi connectivity index (χ2n) is 16.6. The molecule has 0 fully saturated rings. The normalized spacial score (nSPS) is 13.4. The number of rotatable bonds is 27. The first kappa shape index (κ1) is 47.1. The van der Waals surface area contributed by atoms with E-state index in [1.165, 1.54) is 6.42 Å². The van der Waals surface area contributed by atoms with Crippen molar-refractivity contribution in [3.63, 3.8) is 0 Å². The molecule has 3 atom stereocenters. The molecule has 0 aromatic heterocycles. The van der Waals surface area contributed by atoms with E-state index in [1.54, 1.807) is 12.1 Å². The quantitative estimate of drug-likeness (QED) is 0.0392. The van der Waals surface area contributed by atoms with Crippen molar-refractivity contribution < 1.29 is 45.7 Å². The molecule has 0 spiro atoms. The molecule has 308 valence electrons. The lowest BCUT2D eigenvalue weighted by atomic mass is 9.97. The molecule has 0 aliphatic heterocycles. The van der Waals surface area contributed by atoms with Crippen molar-refractivity contribution in [1.29, 1.82) is 0 Å². The summed E-state index contributed by atoms with van der Waals surface area (Å²) in [6, 6.07) is 3.22. The third-order valence-corrected chi connectivity index (χ3v) is 9.89. The van der Waals surface area contributed by atoms with Gasteiger partial charge in [0, 0.05) is 0 Å². The lowest BCUT2D eigenvalue weighted by molar-refractivity contribution is 0.0456. The first-order chi connectivity index (χ1) is 25.5. The highest BCUT2D eigenvalue weighted by molar-refractivity contribution is 5.90. The second kappa shape index (κ2) is 24.5. The van der Waals surface area contributed by atoms with Gasteiger partial charge in [0.2, 0.25) is 11.6 Å². The highest BCUT2D eigenvalue weighted by atomic mass is 19.2. The van der Waals surface area contributed by atoms with E-state index in [-0.39, 0.29) is 0 Å². The highest BCUT2D eigenvalue weighted by Gasteiger charge is 2.31. The molecule has 10 heteroatoms. The van der Waals surface area contributed by atoms with Crippen molar-refractivity contribution in [3.8, 4) is 17.2 Å². The molecule has 0 amide bonds. The summed E-state index contributed by atoms with van der Waals surface area (Å²) >= 11 is 0. The van der Waals surface area contributed by atoms with E-state index in [1.807, 2.05) is 0 Å². The van der Waals surface area contributed by atoms with Gasteiger partial charge in [-0.15, -0.1) is 0 Å². The topological polar surface area (TPSA) is 54.0 Å². The number of esters is 1. The van der Waals surface area contributed by atoms with Crippen LogP contribution in [0.3, 0.4) is 0 Å². The number of ether oxygens (including phenoxy) is 4. The van der Waals surface area contributed by atoms with E-state index in [9.17, 15) is 26.7 Å². The lowest BCUT2D eigenvalue weighted by Gasteiger charge is -2.21. The van der Waals surface area contributed by atoms with Crippen molar-refractivity contribution in [3.05, 3.63) is 52.3 Å². The van der Waals surface area contributed by atoms with Crippen LogP contribution < -0.4 is 14.2 Å². The molecule has 0 bridgehead atoms. The zero-order chi connectivity index (χ0) is 40.4. The van der Waals surface area contributed by atoms with Crippen LogP contribution in [0.25, 0.3) is 0 Å². The fourth-order valence-corrected chi connectivity index (χ4v) is 6.24. The standard InChI is InChI=1S/C44H67F5O5/c1-28(2)13-10-16-31(7)19-22-51-35-25-34(27-54-44(50)37-38(45)40(47)42(49)41(48)39(37)46)26-36(52-23-20-32(8)17-11-14-29(3)4)43(35)53-24-21-33(9)18-12-15-30(5)6/h25-26,28-33H,10-24,27H2,1-9H3/t31-,32-,33-/m0/s1. The van der Waals surface area contributed by atoms with Gasteiger partial charge in [-0.3, -0.25) is 0 Å². The van der Waals surface area contributed by atoms with Crippen LogP contribution in [0.1, 0.15) is 155 Å². The molecule has 2 aromatic carbocycles. The molecule has 0 aliphatic carbocycles. The Morgan fingerprint density at radius 3 is 1.22 bits per heavy atom. The fourth-order valence-electron chi connectivity index (χ4n) is 6.24. The monoisotopic (exact) mass is 770 g/mol. The zero-order valence-electron chi connectivity index (χ0n) is 34.4. The van der Waals surface area contributed by atoms with Gasteiger partial charge in [0.25, 0.3) is 0 Å². The van der Waals surface area contributed by atoms with Crippen LogP contribution in [0, 0.1) is 64.6 Å². The Balaban J connectivity index is 2.37. The first-order valence-corrected chi connectivity index (χ1v) is 20.2. The molecular formula is C44H67F5O5. The van der Waals surface area contributed by atoms with Crippen molar-refractivity contribution in [2.45, 2.75) is 146 Å². The van der Waals surface area contributed by atoms with Gasteiger partial charge in [0.1, 0.15) is 12.2 Å². The predicted octanol–water partition coefficient (Wildman–Crippen LogP) is 13.4. The number of carbonyl (C=O) groups excluding carboxylic acids is 1. The average molecular weight is 771 g/mol. The van der Waals surface area contributed by atoms with Gasteiger partial charge in [-0.25, -0.2) is 26.7 Å². The molecule has 0 saturated carbocycles. The number of hydrogen-bond donors (Lipinski definition) is 0. The third kappa shape index (κ3) is 16.8. The van der Waals surface area contributed by atoms with Crippen molar-refractivity contribution in [2.75, 3.05) is 19.8 Å². The molecule has 5 nitrogen and oxygen atoms in total. The minimum atomic E-state index is -2.35. The summed E-state index contributed by atoms with van der Waals surface area (Å²) in [6.07, 6.45) is 12.5. The van der Waals surface area contributed by atoms with E-state index in [0.29, 0.717) is 78.1 Å². The van der Waals surface area contributed by atoms with Crippen LogP contribution in [0.4, 0.5) is 22.0 Å². The molecule has 0 heterocycles. The first-order valence-electron chi connectivity index (χ1n) is 20.2. The van der Waals surface area contributed by atoms with Crippen LogP contribution in [0.5, 0.6) is 17.2 Å². The number of hydrogen-bond acceptors (Lipinski definition) is 5. The third-order valence-electron chi connectivity index (χ3n) is 9.89. The van der Waals surface area contributed by atoms with E-state index in [0.717, 1.165) is 70.6 Å². The molecular weight excluding hydrogens is 703 g/mol. The van der Waals surface area contributed by atoms with Crippen LogP contribution in [0.15, 0.2) is 12.1 Å². The zero-order valence-corrected chi connectivity index (χ0v) is 34.4. The van der Waals surface area contributed by atoms with E-state index in [4.69, 9.17) is 18.9 Å². The molecule has 2 aromatic rings. The van der Waals surface area contributed by atoms with Gasteiger partial charge in [-0.05, 0) is 72.5 Å². The lowest BCUT2D eigenvalue weighted by Crippen LogP contribution is -2.15. The smallest absolute Gasteiger partial charge is 0.344 e. The Morgan fingerprint density at radius 1 is 0.500 bits per heavy atom. The van der Waals surface area contributed by atoms with Gasteiger partial charge >= 0.3 is 5.97 Å². The predicted molar refractivity (Wildman–Crippen MR) is 206 cm³/mol. The largest absolute Gasteiger partial charge is 0.490 e. The van der Waals surface area contributed by atoms with Crippen molar-refractivity contribution in [2.24, 2.45) is 35.5 Å². The molecule has 0 N–H and O–H groups in total. The Labute approximate surface area is 322 Å². The number of carbonyl (C=O) groups is 1. The highest BCUT2D eigenvalue weighted by Crippen LogP contribution is 2.40. The van der Waals surface area contributed by atoms with E-state index >= 15 is 0 Å². The molecule has 0 radical (unpaired) electrons. The number of halogens is 5. The summed E-state index contributed by atoms with van der Waals surface area (Å²) in [7, 11) is 0. The molecule has 0 saturated heterocycles. The Bertz CT molecular complexity index is 1340. The van der Waals surface area contributed by atoms with Crippen LogP contribution in [-0.4, -0.2) is 25.8 Å². The maximum Gasteiger partial charge on any atom is 0.344 e. The van der Waals surface area contributed by atoms with Crippen LogP contribution >= 0.6 is 0 Å². The van der Waals surface area contributed by atoms with Gasteiger partial charge in [0.15, 0.2) is 34.8 Å². The summed E-state index contributed by atoms with van der Waals surface area (Å²) in [6.45, 7) is 20.5.